The van der Waals surface area contributed by atoms with Crippen LogP contribution in [0, 0.1) is 0 Å². The zero-order valence-corrected chi connectivity index (χ0v) is 13.8. The van der Waals surface area contributed by atoms with Crippen molar-refractivity contribution in [1.29, 1.82) is 0 Å². The number of carbonyl (C=O) groups is 2. The Morgan fingerprint density at radius 2 is 2.12 bits per heavy atom. The fraction of sp³-hybridized carbons (Fsp3) is 0.176. The van der Waals surface area contributed by atoms with Crippen LogP contribution in [0.4, 0.5) is 5.69 Å². The van der Waals surface area contributed by atoms with Gasteiger partial charge < -0.3 is 9.84 Å². The summed E-state index contributed by atoms with van der Waals surface area (Å²) >= 11 is 1.53. The fourth-order valence-corrected chi connectivity index (χ4v) is 2.77. The Bertz CT molecular complexity index is 856. The van der Waals surface area contributed by atoms with Gasteiger partial charge in [0, 0.05) is 24.1 Å². The molecule has 1 amide bonds. The first-order valence-electron chi connectivity index (χ1n) is 7.39. The molecule has 3 rings (SSSR count). The SMILES string of the molecule is CC(=O)c1cccc(NC(=O)CCc2nc(-c3cccs3)no2)c1. The second-order valence-corrected chi connectivity index (χ2v) is 6.12. The smallest absolute Gasteiger partial charge is 0.227 e. The van der Waals surface area contributed by atoms with Crippen molar-refractivity contribution in [3.05, 3.63) is 53.2 Å². The average Bonchev–Trinajstić information content (AvgIpc) is 3.24. The largest absolute Gasteiger partial charge is 0.339 e. The number of nitrogens with zero attached hydrogens (tertiary/aromatic N) is 2. The lowest BCUT2D eigenvalue weighted by Gasteiger charge is -2.05. The average molecular weight is 341 g/mol. The van der Waals surface area contributed by atoms with E-state index in [2.05, 4.69) is 15.5 Å². The number of benzene rings is 1. The molecule has 0 unspecified atom stereocenters. The van der Waals surface area contributed by atoms with Crippen molar-refractivity contribution in [1.82, 2.24) is 10.1 Å². The molecule has 0 bridgehead atoms. The van der Waals surface area contributed by atoms with E-state index in [1.165, 1.54) is 18.3 Å². The quantitative estimate of drug-likeness (QED) is 0.693. The van der Waals surface area contributed by atoms with Crippen molar-refractivity contribution in [2.45, 2.75) is 19.8 Å². The number of ketones is 1. The minimum Gasteiger partial charge on any atom is -0.339 e. The van der Waals surface area contributed by atoms with Crippen molar-refractivity contribution in [2.24, 2.45) is 0 Å². The first-order valence-corrected chi connectivity index (χ1v) is 8.27. The molecule has 0 spiro atoms. The fourth-order valence-electron chi connectivity index (χ4n) is 2.12. The van der Waals surface area contributed by atoms with E-state index < -0.39 is 0 Å². The van der Waals surface area contributed by atoms with Crippen LogP contribution in [0.25, 0.3) is 10.7 Å². The molecule has 0 aliphatic heterocycles. The van der Waals surface area contributed by atoms with E-state index in [1.807, 2.05) is 17.5 Å². The maximum atomic E-state index is 12.0. The van der Waals surface area contributed by atoms with Gasteiger partial charge in [0.2, 0.25) is 17.6 Å². The molecule has 1 aromatic carbocycles. The van der Waals surface area contributed by atoms with Gasteiger partial charge in [-0.2, -0.15) is 4.98 Å². The van der Waals surface area contributed by atoms with E-state index in [-0.39, 0.29) is 18.1 Å². The van der Waals surface area contributed by atoms with Crippen molar-refractivity contribution in [2.75, 3.05) is 5.32 Å². The molecule has 7 heteroatoms. The van der Waals surface area contributed by atoms with Gasteiger partial charge in [0.1, 0.15) is 0 Å². The monoisotopic (exact) mass is 341 g/mol. The molecule has 0 saturated heterocycles. The van der Waals surface area contributed by atoms with Gasteiger partial charge in [0.25, 0.3) is 0 Å². The number of aryl methyl sites for hydroxylation is 1. The molecular formula is C17H15N3O3S. The van der Waals surface area contributed by atoms with Gasteiger partial charge >= 0.3 is 0 Å². The minimum atomic E-state index is -0.174. The summed E-state index contributed by atoms with van der Waals surface area (Å²) in [5, 5.41) is 8.61. The van der Waals surface area contributed by atoms with Gasteiger partial charge in [0.15, 0.2) is 5.78 Å². The number of anilines is 1. The van der Waals surface area contributed by atoms with Crippen LogP contribution in [-0.4, -0.2) is 21.8 Å². The number of carbonyl (C=O) groups excluding carboxylic acids is 2. The van der Waals surface area contributed by atoms with E-state index in [9.17, 15) is 9.59 Å². The maximum Gasteiger partial charge on any atom is 0.227 e. The lowest BCUT2D eigenvalue weighted by atomic mass is 10.1. The summed E-state index contributed by atoms with van der Waals surface area (Å²) in [7, 11) is 0. The number of aromatic nitrogens is 2. The van der Waals surface area contributed by atoms with E-state index in [4.69, 9.17) is 4.52 Å². The zero-order chi connectivity index (χ0) is 16.9. The van der Waals surface area contributed by atoms with Gasteiger partial charge in [-0.15, -0.1) is 11.3 Å². The molecular weight excluding hydrogens is 326 g/mol. The van der Waals surface area contributed by atoms with Crippen molar-refractivity contribution >= 4 is 28.7 Å². The molecule has 3 aromatic rings. The third-order valence-corrected chi connectivity index (χ3v) is 4.19. The molecule has 6 nitrogen and oxygen atoms in total. The number of Topliss-reactive ketones (excluding diaryl/α,β-unsaturated/α-hetero) is 1. The minimum absolute atomic E-state index is 0.0435. The molecule has 0 aliphatic rings. The normalized spacial score (nSPS) is 10.5. The predicted molar refractivity (Wildman–Crippen MR) is 91.0 cm³/mol. The Hall–Kier alpha value is -2.80. The summed E-state index contributed by atoms with van der Waals surface area (Å²) in [6.45, 7) is 1.49. The molecule has 122 valence electrons. The van der Waals surface area contributed by atoms with Gasteiger partial charge in [0.05, 0.1) is 4.88 Å². The predicted octanol–water partition coefficient (Wildman–Crippen LogP) is 3.57. The second-order valence-electron chi connectivity index (χ2n) is 5.17. The molecule has 0 atom stereocenters. The number of rotatable bonds is 6. The van der Waals surface area contributed by atoms with Crippen molar-refractivity contribution < 1.29 is 14.1 Å². The van der Waals surface area contributed by atoms with E-state index in [0.717, 1.165) is 4.88 Å². The van der Waals surface area contributed by atoms with E-state index in [1.54, 1.807) is 24.3 Å². The molecule has 0 aliphatic carbocycles. The standard InChI is InChI=1S/C17H15N3O3S/c1-11(21)12-4-2-5-13(10-12)18-15(22)7-8-16-19-17(20-23-16)14-6-3-9-24-14/h2-6,9-10H,7-8H2,1H3,(H,18,22). The molecule has 0 radical (unpaired) electrons. The first-order chi connectivity index (χ1) is 11.6. The van der Waals surface area contributed by atoms with Gasteiger partial charge in [-0.1, -0.05) is 23.4 Å². The van der Waals surface area contributed by atoms with Crippen LogP contribution in [0.1, 0.15) is 29.6 Å². The highest BCUT2D eigenvalue weighted by Gasteiger charge is 2.11. The van der Waals surface area contributed by atoms with Crippen LogP contribution in [-0.2, 0) is 11.2 Å². The number of thiophene rings is 1. The summed E-state index contributed by atoms with van der Waals surface area (Å²) in [4.78, 5) is 28.6. The Morgan fingerprint density at radius 3 is 2.88 bits per heavy atom. The lowest BCUT2D eigenvalue weighted by molar-refractivity contribution is -0.116. The topological polar surface area (TPSA) is 85.1 Å². The Kier molecular flexibility index (Phi) is 4.81. The summed E-state index contributed by atoms with van der Waals surface area (Å²) in [6, 6.07) is 10.7. The van der Waals surface area contributed by atoms with Gasteiger partial charge in [-0.05, 0) is 30.5 Å². The summed E-state index contributed by atoms with van der Waals surface area (Å²) in [5.41, 5.74) is 1.16. The third-order valence-electron chi connectivity index (χ3n) is 3.33. The molecule has 1 N–H and O–H groups in total. The van der Waals surface area contributed by atoms with E-state index >= 15 is 0 Å². The summed E-state index contributed by atoms with van der Waals surface area (Å²) < 4.78 is 5.16. The first kappa shape index (κ1) is 16.1. The second kappa shape index (κ2) is 7.18. The van der Waals surface area contributed by atoms with Crippen LogP contribution < -0.4 is 5.32 Å². The van der Waals surface area contributed by atoms with Crippen molar-refractivity contribution in [3.63, 3.8) is 0 Å². The maximum absolute atomic E-state index is 12.0. The molecule has 0 saturated carbocycles. The molecule has 0 fully saturated rings. The highest BCUT2D eigenvalue weighted by molar-refractivity contribution is 7.13. The van der Waals surface area contributed by atoms with Crippen LogP contribution in [0.2, 0.25) is 0 Å². The number of amides is 1. The van der Waals surface area contributed by atoms with E-state index in [0.29, 0.717) is 29.4 Å². The molecule has 24 heavy (non-hydrogen) atoms. The van der Waals surface area contributed by atoms with Crippen LogP contribution in [0.5, 0.6) is 0 Å². The highest BCUT2D eigenvalue weighted by Crippen LogP contribution is 2.21. The van der Waals surface area contributed by atoms with Gasteiger partial charge in [-0.25, -0.2) is 0 Å². The van der Waals surface area contributed by atoms with Crippen molar-refractivity contribution in [3.8, 4) is 10.7 Å². The lowest BCUT2D eigenvalue weighted by Crippen LogP contribution is -2.12. The Morgan fingerprint density at radius 1 is 1.25 bits per heavy atom. The summed E-state index contributed by atoms with van der Waals surface area (Å²) in [6.07, 6.45) is 0.576. The molecule has 2 aromatic heterocycles. The Balaban J connectivity index is 1.56. The number of hydrogen-bond donors (Lipinski definition) is 1. The summed E-state index contributed by atoms with van der Waals surface area (Å²) in [5.74, 6) is 0.741. The zero-order valence-electron chi connectivity index (χ0n) is 13.0. The number of nitrogens with one attached hydrogen (secondary N) is 1. The van der Waals surface area contributed by atoms with Gasteiger partial charge in [-0.3, -0.25) is 9.59 Å². The Labute approximate surface area is 142 Å². The van der Waals surface area contributed by atoms with Crippen LogP contribution in [0.15, 0.2) is 46.3 Å². The molecule has 2 heterocycles. The third kappa shape index (κ3) is 3.94. The van der Waals surface area contributed by atoms with Crippen LogP contribution in [0.3, 0.4) is 0 Å². The number of hydrogen-bond acceptors (Lipinski definition) is 6. The van der Waals surface area contributed by atoms with Crippen LogP contribution >= 0.6 is 11.3 Å². The highest BCUT2D eigenvalue weighted by atomic mass is 32.1.